The topological polar surface area (TPSA) is 176 Å². The number of aryl methyl sites for hydroxylation is 1. The second-order valence-corrected chi connectivity index (χ2v) is 19.9. The molecule has 5 heterocycles. The van der Waals surface area contributed by atoms with Crippen LogP contribution in [0.1, 0.15) is 77.3 Å². The Kier molecular flexibility index (Phi) is 15.0. The average Bonchev–Trinajstić information content (AvgIpc) is 3.92. The summed E-state index contributed by atoms with van der Waals surface area (Å²) < 4.78 is 57.1. The van der Waals surface area contributed by atoms with E-state index in [0.29, 0.717) is 18.5 Å². The van der Waals surface area contributed by atoms with Gasteiger partial charge < -0.3 is 34.3 Å². The third-order valence-corrected chi connectivity index (χ3v) is 13.9. The molecule has 15 nitrogen and oxygen atoms in total. The van der Waals surface area contributed by atoms with Gasteiger partial charge in [0.15, 0.2) is 0 Å². The Labute approximate surface area is 406 Å². The Bertz CT molecular complexity index is 2670. The molecule has 2 fully saturated rings. The third-order valence-electron chi connectivity index (χ3n) is 13.9. The summed E-state index contributed by atoms with van der Waals surface area (Å²) in [6, 6.07) is 14.9. The Morgan fingerprint density at radius 1 is 1.09 bits per heavy atom. The van der Waals surface area contributed by atoms with Gasteiger partial charge in [-0.3, -0.25) is 29.2 Å². The van der Waals surface area contributed by atoms with Crippen LogP contribution in [0.2, 0.25) is 0 Å². The molecule has 2 aromatic carbocycles. The highest BCUT2D eigenvalue weighted by atomic mass is 19.4. The quantitative estimate of drug-likeness (QED) is 0.120. The number of alkyl halides is 3. The number of hydrazine groups is 1. The number of nitrogens with zero attached hydrogens (tertiary/aromatic N) is 5. The van der Waals surface area contributed by atoms with Crippen LogP contribution in [0.4, 0.5) is 13.2 Å². The number of carbonyl (C=O) groups is 5. The Hall–Kier alpha value is -6.11. The van der Waals surface area contributed by atoms with Gasteiger partial charge >= 0.3 is 12.1 Å². The van der Waals surface area contributed by atoms with Crippen LogP contribution in [0.15, 0.2) is 73.4 Å². The van der Waals surface area contributed by atoms with E-state index in [-0.39, 0.29) is 38.5 Å². The van der Waals surface area contributed by atoms with Crippen molar-refractivity contribution >= 4 is 40.5 Å². The van der Waals surface area contributed by atoms with Crippen LogP contribution in [0.25, 0.3) is 33.3 Å². The zero-order valence-corrected chi connectivity index (χ0v) is 41.1. The lowest BCUT2D eigenvalue weighted by atomic mass is 9.84. The number of aromatic nitrogens is 2. The molecule has 0 unspecified atom stereocenters. The number of halogens is 3. The first-order valence-corrected chi connectivity index (χ1v) is 23.8. The SMILES string of the molecule is C=CC(=O)N1C[C@H](C(=O)N(C)[C@H](C(=O)N[C@H]2Cc3cccc(c3)-c3ccc4c(c3)c(c(-c3cccnc3[C@H](C)OC)n4CC)CC(C)(C)COC(=O)[C@@]3(O)CCCN(N3)C2=O)C(C)C)[C@H](C(F)(F)F)C1. The minimum atomic E-state index is -4.83. The van der Waals surface area contributed by atoms with E-state index in [1.54, 1.807) is 33.2 Å². The van der Waals surface area contributed by atoms with E-state index in [1.807, 2.05) is 57.2 Å². The van der Waals surface area contributed by atoms with Crippen LogP contribution >= 0.6 is 0 Å². The molecular weight excluding hydrogens is 908 g/mol. The van der Waals surface area contributed by atoms with Gasteiger partial charge in [0.1, 0.15) is 12.1 Å². The highest BCUT2D eigenvalue weighted by Crippen LogP contribution is 2.43. The van der Waals surface area contributed by atoms with Crippen LogP contribution in [0.3, 0.4) is 0 Å². The molecule has 70 heavy (non-hydrogen) atoms. The zero-order valence-electron chi connectivity index (χ0n) is 41.1. The van der Waals surface area contributed by atoms with Crippen molar-refractivity contribution in [3.05, 3.63) is 90.3 Å². The number of cyclic esters (lactones) is 1. The van der Waals surface area contributed by atoms with E-state index in [0.717, 1.165) is 65.4 Å². The van der Waals surface area contributed by atoms with E-state index in [4.69, 9.17) is 14.5 Å². The molecule has 3 aliphatic heterocycles. The van der Waals surface area contributed by atoms with Crippen LogP contribution in [0, 0.1) is 23.2 Å². The minimum Gasteiger partial charge on any atom is -0.462 e. The Balaban J connectivity index is 1.31. The molecule has 376 valence electrons. The predicted octanol–water partition coefficient (Wildman–Crippen LogP) is 6.37. The summed E-state index contributed by atoms with van der Waals surface area (Å²) in [4.78, 5) is 76.4. The molecule has 3 aliphatic rings. The van der Waals surface area contributed by atoms with Crippen LogP contribution < -0.4 is 10.7 Å². The largest absolute Gasteiger partial charge is 0.462 e. The van der Waals surface area contributed by atoms with Crippen molar-refractivity contribution in [2.24, 2.45) is 23.2 Å². The number of aliphatic hydroxyl groups is 1. The Morgan fingerprint density at radius 2 is 1.81 bits per heavy atom. The molecule has 6 bridgehead atoms. The van der Waals surface area contributed by atoms with Crippen molar-refractivity contribution in [1.82, 2.24) is 35.1 Å². The van der Waals surface area contributed by atoms with Crippen molar-refractivity contribution < 1.29 is 51.7 Å². The maximum Gasteiger partial charge on any atom is 0.394 e. The van der Waals surface area contributed by atoms with Crippen LogP contribution in [0.5, 0.6) is 0 Å². The van der Waals surface area contributed by atoms with E-state index in [1.165, 1.54) is 7.05 Å². The fraction of sp³-hybridized carbons (Fsp3) is 0.500. The number of carbonyl (C=O) groups excluding carboxylic acids is 5. The Morgan fingerprint density at radius 3 is 2.49 bits per heavy atom. The predicted molar refractivity (Wildman–Crippen MR) is 256 cm³/mol. The number of fused-ring (bicyclic) bond motifs is 6. The van der Waals surface area contributed by atoms with Gasteiger partial charge in [0.2, 0.25) is 23.4 Å². The van der Waals surface area contributed by atoms with Crippen LogP contribution in [-0.2, 0) is 52.8 Å². The lowest BCUT2D eigenvalue weighted by Gasteiger charge is -2.40. The molecule has 2 aromatic heterocycles. The number of pyridine rings is 1. The summed E-state index contributed by atoms with van der Waals surface area (Å²) in [5, 5.41) is 16.7. The zero-order chi connectivity index (χ0) is 51.0. The fourth-order valence-electron chi connectivity index (χ4n) is 10.3. The van der Waals surface area contributed by atoms with Crippen molar-refractivity contribution in [2.45, 2.75) is 104 Å². The first kappa shape index (κ1) is 51.7. The molecule has 6 atom stereocenters. The van der Waals surface area contributed by atoms with Gasteiger partial charge in [-0.1, -0.05) is 64.6 Å². The number of hydrogen-bond donors (Lipinski definition) is 3. The minimum absolute atomic E-state index is 0.0385. The summed E-state index contributed by atoms with van der Waals surface area (Å²) in [5.74, 6) is -8.80. The van der Waals surface area contributed by atoms with E-state index in [9.17, 15) is 42.3 Å². The molecule has 18 heteroatoms. The number of esters is 1. The van der Waals surface area contributed by atoms with Gasteiger partial charge in [-0.05, 0) is 85.2 Å². The molecule has 4 amide bonds. The number of likely N-dealkylation sites (N-methyl/N-ethyl adjacent to an activating group) is 1. The standard InChI is InChI=1S/C52H64F3N7O8/c1-10-42(63)60-27-38(39(28-60)52(53,54)55)47(65)59(8)44(30(3)4)46(64)57-40-24-32-15-12-16-33(23-32)34-18-19-41-36(25-34)37(45(61(41)11-2)35-17-13-21-56-43(35)31(5)69-9)26-50(6,7)29-70-49(67)51(68)20-14-22-62(58-51)48(40)66/h10,12-13,15-19,21,23,25,30-31,38-40,44,58,68H,1,11,14,20,22,24,26-29H2,2-9H3,(H,57,64)/t31-,38-,39+,40-,44-,51-/m0/s1. The maximum absolute atomic E-state index is 14.7. The van der Waals surface area contributed by atoms with Crippen LogP contribution in [-0.4, -0.2) is 123 Å². The molecule has 7 rings (SSSR count). The number of ether oxygens (including phenoxy) is 2. The normalized spacial score (nSPS) is 22.8. The van der Waals surface area contributed by atoms with Gasteiger partial charge in [0, 0.05) is 81.3 Å². The van der Waals surface area contributed by atoms with E-state index >= 15 is 0 Å². The molecule has 0 spiro atoms. The molecular formula is C52H64F3N7O8. The molecule has 3 N–H and O–H groups in total. The summed E-state index contributed by atoms with van der Waals surface area (Å²) in [5.41, 5.74) is 6.56. The number of amides is 4. The van der Waals surface area contributed by atoms with Gasteiger partial charge in [0.05, 0.1) is 35.9 Å². The number of methoxy groups -OCH3 is 1. The monoisotopic (exact) mass is 971 g/mol. The fourth-order valence-corrected chi connectivity index (χ4v) is 10.3. The highest BCUT2D eigenvalue weighted by Gasteiger charge is 2.54. The van der Waals surface area contributed by atoms with Crippen molar-refractivity contribution in [2.75, 3.05) is 40.4 Å². The number of likely N-dealkylation sites (tertiary alicyclic amines) is 1. The summed E-state index contributed by atoms with van der Waals surface area (Å²) >= 11 is 0. The second kappa shape index (κ2) is 20.3. The van der Waals surface area contributed by atoms with Gasteiger partial charge in [0.25, 0.3) is 5.91 Å². The number of benzene rings is 2. The molecule has 0 aliphatic carbocycles. The summed E-state index contributed by atoms with van der Waals surface area (Å²) in [6.07, 6.45) is -2.09. The average molecular weight is 972 g/mol. The van der Waals surface area contributed by atoms with Crippen molar-refractivity contribution in [1.29, 1.82) is 0 Å². The van der Waals surface area contributed by atoms with Crippen molar-refractivity contribution in [3.63, 3.8) is 0 Å². The maximum atomic E-state index is 14.7. The van der Waals surface area contributed by atoms with E-state index in [2.05, 4.69) is 40.9 Å². The van der Waals surface area contributed by atoms with Gasteiger partial charge in [-0.15, -0.1) is 0 Å². The summed E-state index contributed by atoms with van der Waals surface area (Å²) in [6.45, 7) is 13.9. The number of hydrogen-bond acceptors (Lipinski definition) is 10. The number of rotatable bonds is 10. The lowest BCUT2D eigenvalue weighted by molar-refractivity contribution is -0.189. The first-order chi connectivity index (χ1) is 33.0. The molecule has 0 radical (unpaired) electrons. The van der Waals surface area contributed by atoms with Gasteiger partial charge in [-0.2, -0.15) is 18.6 Å². The summed E-state index contributed by atoms with van der Waals surface area (Å²) in [7, 11) is 2.88. The van der Waals surface area contributed by atoms with Crippen molar-refractivity contribution in [3.8, 4) is 22.4 Å². The number of nitrogens with one attached hydrogen (secondary N) is 2. The van der Waals surface area contributed by atoms with Gasteiger partial charge in [-0.25, -0.2) is 4.79 Å². The highest BCUT2D eigenvalue weighted by molar-refractivity contribution is 5.96. The first-order valence-electron chi connectivity index (χ1n) is 23.8. The lowest BCUT2D eigenvalue weighted by Crippen LogP contribution is -2.67. The van der Waals surface area contributed by atoms with E-state index < -0.39 is 89.8 Å². The molecule has 2 saturated heterocycles. The smallest absolute Gasteiger partial charge is 0.394 e. The molecule has 0 saturated carbocycles. The third kappa shape index (κ3) is 10.4. The second-order valence-electron chi connectivity index (χ2n) is 19.9. The molecule has 4 aromatic rings.